The van der Waals surface area contributed by atoms with Gasteiger partial charge in [0.2, 0.25) is 25.2 Å². The molecule has 0 bridgehead atoms. The second kappa shape index (κ2) is 7.50. The van der Waals surface area contributed by atoms with Crippen molar-refractivity contribution < 1.29 is 13.2 Å². The summed E-state index contributed by atoms with van der Waals surface area (Å²) in [6.45, 7) is 3.87. The predicted molar refractivity (Wildman–Crippen MR) is 106 cm³/mol. The van der Waals surface area contributed by atoms with Gasteiger partial charge in [-0.25, -0.2) is 8.42 Å². The molecule has 6 nitrogen and oxygen atoms in total. The number of rotatable bonds is 6. The van der Waals surface area contributed by atoms with E-state index in [-0.39, 0.29) is 42.9 Å². The average molecular weight is 446 g/mol. The van der Waals surface area contributed by atoms with Crippen molar-refractivity contribution in [3.63, 3.8) is 0 Å². The fraction of sp³-hybridized carbons (Fsp3) is 0.353. The van der Waals surface area contributed by atoms with Gasteiger partial charge in [-0.2, -0.15) is 0 Å². The maximum atomic E-state index is 12.5. The van der Waals surface area contributed by atoms with Crippen LogP contribution in [-0.4, -0.2) is 24.5 Å². The minimum Gasteiger partial charge on any atom is -0.300 e. The molecule has 1 aliphatic rings. The summed E-state index contributed by atoms with van der Waals surface area (Å²) in [5.41, 5.74) is 0.372. The topological polar surface area (TPSA) is 89.0 Å². The Kier molecular flexibility index (Phi) is 5.63. The zero-order valence-electron chi connectivity index (χ0n) is 14.5. The van der Waals surface area contributed by atoms with Gasteiger partial charge in [0.1, 0.15) is 4.49 Å². The molecule has 1 saturated carbocycles. The maximum absolute atomic E-state index is 12.5. The van der Waals surface area contributed by atoms with Gasteiger partial charge in [0.15, 0.2) is 0 Å². The van der Waals surface area contributed by atoms with Gasteiger partial charge < -0.3 is 5.32 Å². The maximum Gasteiger partial charge on any atom is 0.234 e. The van der Waals surface area contributed by atoms with Gasteiger partial charge in [-0.05, 0) is 23.0 Å². The van der Waals surface area contributed by atoms with Gasteiger partial charge >= 0.3 is 0 Å². The lowest BCUT2D eigenvalue weighted by molar-refractivity contribution is -0.118. The average Bonchev–Trinajstić information content (AvgIpc) is 2.92. The van der Waals surface area contributed by atoms with Crippen LogP contribution in [0.4, 0.5) is 5.13 Å². The highest BCUT2D eigenvalue weighted by molar-refractivity contribution is 7.92. The van der Waals surface area contributed by atoms with Crippen LogP contribution < -0.4 is 5.32 Å². The summed E-state index contributed by atoms with van der Waals surface area (Å²) in [6.07, 6.45) is 1.64. The number of carbonyl (C=O) groups excluding carboxylic acids is 1. The van der Waals surface area contributed by atoms with Crippen LogP contribution in [0, 0.1) is 17.3 Å². The van der Waals surface area contributed by atoms with Gasteiger partial charge in [0.05, 0.1) is 11.7 Å². The number of amides is 1. The lowest BCUT2D eigenvalue weighted by Crippen LogP contribution is -2.16. The molecule has 1 amide bonds. The Morgan fingerprint density at radius 2 is 1.93 bits per heavy atom. The van der Waals surface area contributed by atoms with Gasteiger partial charge in [-0.3, -0.25) is 4.79 Å². The van der Waals surface area contributed by atoms with Crippen molar-refractivity contribution >= 4 is 55.4 Å². The summed E-state index contributed by atoms with van der Waals surface area (Å²) in [7, 11) is -3.63. The van der Waals surface area contributed by atoms with E-state index in [1.807, 2.05) is 19.9 Å². The fourth-order valence-electron chi connectivity index (χ4n) is 3.05. The summed E-state index contributed by atoms with van der Waals surface area (Å²) in [6, 6.07) is 8.81. The summed E-state index contributed by atoms with van der Waals surface area (Å²) in [4.78, 5) is 12.5. The molecule has 1 fully saturated rings. The summed E-state index contributed by atoms with van der Waals surface area (Å²) < 4.78 is 25.0. The third kappa shape index (κ3) is 4.51. The number of sulfone groups is 1. The Morgan fingerprint density at radius 1 is 1.26 bits per heavy atom. The first kappa shape index (κ1) is 20.3. The highest BCUT2D eigenvalue weighted by atomic mass is 35.5. The van der Waals surface area contributed by atoms with Crippen LogP contribution in [0.3, 0.4) is 0 Å². The molecule has 10 heteroatoms. The van der Waals surface area contributed by atoms with Gasteiger partial charge in [-0.1, -0.05) is 78.7 Å². The molecule has 0 radical (unpaired) electrons. The summed E-state index contributed by atoms with van der Waals surface area (Å²) in [5, 5.41) is 10.3. The van der Waals surface area contributed by atoms with Gasteiger partial charge in [-0.15, -0.1) is 10.2 Å². The van der Waals surface area contributed by atoms with Crippen LogP contribution in [0.2, 0.25) is 0 Å². The largest absolute Gasteiger partial charge is 0.300 e. The van der Waals surface area contributed by atoms with Crippen molar-refractivity contribution in [1.29, 1.82) is 0 Å². The van der Waals surface area contributed by atoms with E-state index in [0.717, 1.165) is 11.3 Å². The van der Waals surface area contributed by atoms with Crippen molar-refractivity contribution in [2.45, 2.75) is 23.9 Å². The third-order valence-electron chi connectivity index (χ3n) is 4.60. The van der Waals surface area contributed by atoms with E-state index in [1.165, 1.54) is 0 Å². The van der Waals surface area contributed by atoms with E-state index in [9.17, 15) is 13.2 Å². The first-order valence-corrected chi connectivity index (χ1v) is 11.3. The number of halogens is 2. The number of nitrogens with one attached hydrogen (secondary N) is 1. The van der Waals surface area contributed by atoms with Crippen molar-refractivity contribution in [2.75, 3.05) is 5.32 Å². The second-order valence-electron chi connectivity index (χ2n) is 6.89. The quantitative estimate of drug-likeness (QED) is 0.677. The van der Waals surface area contributed by atoms with Crippen molar-refractivity contribution in [1.82, 2.24) is 10.2 Å². The third-order valence-corrected chi connectivity index (χ3v) is 7.83. The van der Waals surface area contributed by atoms with E-state index < -0.39 is 9.84 Å². The van der Waals surface area contributed by atoms with Crippen LogP contribution in [0.1, 0.15) is 19.4 Å². The molecule has 0 saturated heterocycles. The molecule has 0 spiro atoms. The SMILES string of the molecule is CC1(C)[C@H](C(=O)Nc2nnc(S(=O)(=O)Cc3ccccc3)s2)[C@@H]1C=C(Cl)Cl. The molecule has 1 heterocycles. The molecule has 1 aliphatic carbocycles. The predicted octanol–water partition coefficient (Wildman–Crippen LogP) is 4.04. The minimum absolute atomic E-state index is 0.0864. The molecule has 0 unspecified atom stereocenters. The van der Waals surface area contributed by atoms with E-state index in [1.54, 1.807) is 30.3 Å². The minimum atomic E-state index is -3.63. The number of hydrogen-bond acceptors (Lipinski definition) is 6. The highest BCUT2D eigenvalue weighted by Crippen LogP contribution is 2.60. The zero-order chi connectivity index (χ0) is 19.8. The van der Waals surface area contributed by atoms with Crippen molar-refractivity contribution in [2.24, 2.45) is 17.3 Å². The molecule has 2 atom stereocenters. The highest BCUT2D eigenvalue weighted by Gasteiger charge is 2.60. The molecular weight excluding hydrogens is 429 g/mol. The molecule has 1 N–H and O–H groups in total. The number of anilines is 1. The summed E-state index contributed by atoms with van der Waals surface area (Å²) in [5.74, 6) is -0.846. The van der Waals surface area contributed by atoms with Gasteiger partial charge in [0, 0.05) is 0 Å². The number of hydrogen-bond donors (Lipinski definition) is 1. The van der Waals surface area contributed by atoms with Crippen molar-refractivity contribution in [3.8, 4) is 0 Å². The smallest absolute Gasteiger partial charge is 0.234 e. The number of benzene rings is 1. The van der Waals surface area contributed by atoms with Crippen LogP contribution in [-0.2, 0) is 20.4 Å². The van der Waals surface area contributed by atoms with Crippen LogP contribution >= 0.6 is 34.5 Å². The number of nitrogens with zero attached hydrogens (tertiary/aromatic N) is 2. The Labute approximate surface area is 171 Å². The standard InChI is InChI=1S/C17H17Cl2N3O3S2/c1-17(2)11(8-12(18)19)13(17)14(23)20-15-21-22-16(26-15)27(24,25)9-10-6-4-3-5-7-10/h3-8,11,13H,9H2,1-2H3,(H,20,21,23)/t11-,13-/m0/s1. The van der Waals surface area contributed by atoms with Crippen LogP contribution in [0.5, 0.6) is 0 Å². The Balaban J connectivity index is 1.69. The Morgan fingerprint density at radius 3 is 2.56 bits per heavy atom. The molecule has 0 aliphatic heterocycles. The lowest BCUT2D eigenvalue weighted by Gasteiger charge is -2.02. The molecular formula is C17H17Cl2N3O3S2. The van der Waals surface area contributed by atoms with E-state index in [4.69, 9.17) is 23.2 Å². The van der Waals surface area contributed by atoms with Crippen molar-refractivity contribution in [3.05, 3.63) is 46.5 Å². The van der Waals surface area contributed by atoms with E-state index >= 15 is 0 Å². The first-order chi connectivity index (χ1) is 12.6. The second-order valence-corrected chi connectivity index (χ2v) is 11.0. The van der Waals surface area contributed by atoms with Crippen LogP contribution in [0.25, 0.3) is 0 Å². The Bertz CT molecular complexity index is 984. The molecule has 1 aromatic carbocycles. The molecule has 27 heavy (non-hydrogen) atoms. The van der Waals surface area contributed by atoms with E-state index in [0.29, 0.717) is 5.56 Å². The van der Waals surface area contributed by atoms with E-state index in [2.05, 4.69) is 15.5 Å². The lowest BCUT2D eigenvalue weighted by atomic mass is 10.1. The molecule has 2 aromatic rings. The molecule has 144 valence electrons. The number of allylic oxidation sites excluding steroid dienone is 1. The normalized spacial score (nSPS) is 20.7. The molecule has 3 rings (SSSR count). The number of aromatic nitrogens is 2. The number of carbonyl (C=O) groups is 1. The monoisotopic (exact) mass is 445 g/mol. The van der Waals surface area contributed by atoms with Gasteiger partial charge in [0.25, 0.3) is 0 Å². The van der Waals surface area contributed by atoms with Crippen LogP contribution in [0.15, 0.2) is 45.2 Å². The first-order valence-electron chi connectivity index (χ1n) is 8.05. The Hall–Kier alpha value is -1.48. The fourth-order valence-corrected chi connectivity index (χ4v) is 5.64. The molecule has 1 aromatic heterocycles. The zero-order valence-corrected chi connectivity index (χ0v) is 17.7. The summed E-state index contributed by atoms with van der Waals surface area (Å²) >= 11 is 12.2.